The summed E-state index contributed by atoms with van der Waals surface area (Å²) in [4.78, 5) is 20.9. The molecule has 4 rings (SSSR count). The summed E-state index contributed by atoms with van der Waals surface area (Å²) >= 11 is 1.72. The van der Waals surface area contributed by atoms with Crippen molar-refractivity contribution in [3.8, 4) is 0 Å². The first-order valence-electron chi connectivity index (χ1n) is 10.8. The van der Waals surface area contributed by atoms with Gasteiger partial charge >= 0.3 is 5.97 Å². The molecule has 3 aromatic rings. The first-order valence-corrected chi connectivity index (χ1v) is 11.6. The molecule has 0 saturated heterocycles. The molecule has 2 aromatic heterocycles. The summed E-state index contributed by atoms with van der Waals surface area (Å²) in [5, 5.41) is 4.50. The van der Waals surface area contributed by atoms with Gasteiger partial charge in [0.2, 0.25) is 0 Å². The zero-order valence-corrected chi connectivity index (χ0v) is 18.9. The molecule has 0 radical (unpaired) electrons. The summed E-state index contributed by atoms with van der Waals surface area (Å²) in [6.07, 6.45) is 8.63. The van der Waals surface area contributed by atoms with E-state index in [1.807, 2.05) is 18.3 Å². The number of carbonyl (C=O) groups excluding carboxylic acids is 1. The Hall–Kier alpha value is -2.47. The first-order chi connectivity index (χ1) is 14.6. The molecule has 6 heteroatoms. The lowest BCUT2D eigenvalue weighted by molar-refractivity contribution is -0.142. The Kier molecular flexibility index (Phi) is 6.32. The third-order valence-electron chi connectivity index (χ3n) is 6.21. The lowest BCUT2D eigenvalue weighted by Gasteiger charge is -2.39. The van der Waals surface area contributed by atoms with Crippen LogP contribution in [0.2, 0.25) is 0 Å². The van der Waals surface area contributed by atoms with E-state index < -0.39 is 0 Å². The molecule has 160 valence electrons. The number of aromatic amines is 1. The smallest absolute Gasteiger partial charge is 0.328 e. The average molecular weight is 426 g/mol. The number of fused-ring (bicyclic) bond motifs is 1. The Morgan fingerprint density at radius 1 is 1.23 bits per heavy atom. The van der Waals surface area contributed by atoms with Crippen LogP contribution >= 0.6 is 11.3 Å². The van der Waals surface area contributed by atoms with Crippen LogP contribution in [0.1, 0.15) is 37.7 Å². The summed E-state index contributed by atoms with van der Waals surface area (Å²) in [6, 6.07) is 10.5. The summed E-state index contributed by atoms with van der Waals surface area (Å²) in [5.41, 5.74) is 3.43. The second kappa shape index (κ2) is 9.13. The van der Waals surface area contributed by atoms with Gasteiger partial charge in [-0.25, -0.2) is 4.79 Å². The van der Waals surface area contributed by atoms with Crippen LogP contribution in [0.25, 0.3) is 10.9 Å². The third kappa shape index (κ3) is 4.19. The van der Waals surface area contributed by atoms with Gasteiger partial charge in [-0.1, -0.05) is 37.5 Å². The van der Waals surface area contributed by atoms with E-state index in [1.54, 1.807) is 11.3 Å². The highest BCUT2D eigenvalue weighted by atomic mass is 32.1. The molecule has 1 unspecified atom stereocenters. The molecule has 1 aliphatic carbocycles. The van der Waals surface area contributed by atoms with Crippen molar-refractivity contribution in [2.45, 2.75) is 50.6 Å². The molecule has 1 N–H and O–H groups in total. The van der Waals surface area contributed by atoms with Crippen molar-refractivity contribution in [2.75, 3.05) is 31.0 Å². The van der Waals surface area contributed by atoms with Crippen LogP contribution in [0.4, 0.5) is 10.7 Å². The van der Waals surface area contributed by atoms with E-state index in [0.717, 1.165) is 28.9 Å². The number of aromatic nitrogens is 1. The van der Waals surface area contributed by atoms with Crippen LogP contribution in [-0.2, 0) is 16.0 Å². The standard InChI is InChI=1S/C24H31N3O2S/c1-26(2)19-14-23(30-16-19)27(18-9-5-4-6-10-18)22(24(28)29-3)13-17-15-25-21-12-8-7-11-20(17)21/h7-8,11-12,14-16,18,22,25H,4-6,9-10,13H2,1-3H3. The fraction of sp³-hybridized carbons (Fsp3) is 0.458. The van der Waals surface area contributed by atoms with Crippen molar-refractivity contribution in [2.24, 2.45) is 0 Å². The Balaban J connectivity index is 1.73. The van der Waals surface area contributed by atoms with Crippen LogP contribution in [-0.4, -0.2) is 44.2 Å². The summed E-state index contributed by atoms with van der Waals surface area (Å²) in [7, 11) is 5.62. The van der Waals surface area contributed by atoms with E-state index in [4.69, 9.17) is 4.74 Å². The van der Waals surface area contributed by atoms with Crippen molar-refractivity contribution in [3.05, 3.63) is 47.5 Å². The van der Waals surface area contributed by atoms with Gasteiger partial charge < -0.3 is 19.5 Å². The number of methoxy groups -OCH3 is 1. The molecule has 1 fully saturated rings. The third-order valence-corrected chi connectivity index (χ3v) is 7.14. The highest BCUT2D eigenvalue weighted by Crippen LogP contribution is 2.37. The molecule has 5 nitrogen and oxygen atoms in total. The number of benzene rings is 1. The minimum absolute atomic E-state index is 0.161. The van der Waals surface area contributed by atoms with E-state index in [2.05, 4.69) is 52.5 Å². The minimum Gasteiger partial charge on any atom is -0.467 e. The summed E-state index contributed by atoms with van der Waals surface area (Å²) in [6.45, 7) is 0. The molecule has 1 aromatic carbocycles. The van der Waals surface area contributed by atoms with E-state index in [0.29, 0.717) is 12.5 Å². The first kappa shape index (κ1) is 20.8. The number of carbonyl (C=O) groups is 1. The van der Waals surface area contributed by atoms with Crippen molar-refractivity contribution in [1.29, 1.82) is 0 Å². The predicted molar refractivity (Wildman–Crippen MR) is 126 cm³/mol. The lowest BCUT2D eigenvalue weighted by atomic mass is 9.92. The van der Waals surface area contributed by atoms with Gasteiger partial charge in [-0.15, -0.1) is 11.3 Å². The average Bonchev–Trinajstić information content (AvgIpc) is 3.41. The van der Waals surface area contributed by atoms with Crippen LogP contribution in [0.5, 0.6) is 0 Å². The summed E-state index contributed by atoms with van der Waals surface area (Å²) in [5.74, 6) is -0.161. The zero-order valence-electron chi connectivity index (χ0n) is 18.1. The molecule has 1 saturated carbocycles. The zero-order chi connectivity index (χ0) is 21.1. The maximum Gasteiger partial charge on any atom is 0.328 e. The monoisotopic (exact) mass is 425 g/mol. The van der Waals surface area contributed by atoms with Gasteiger partial charge in [-0.2, -0.15) is 0 Å². The van der Waals surface area contributed by atoms with Gasteiger partial charge in [0, 0.05) is 54.7 Å². The van der Waals surface area contributed by atoms with Crippen molar-refractivity contribution in [1.82, 2.24) is 4.98 Å². The van der Waals surface area contributed by atoms with Crippen LogP contribution in [0.15, 0.2) is 41.9 Å². The van der Waals surface area contributed by atoms with E-state index in [1.165, 1.54) is 37.4 Å². The van der Waals surface area contributed by atoms with Gasteiger partial charge in [-0.05, 0) is 30.5 Å². The maximum absolute atomic E-state index is 13.1. The lowest BCUT2D eigenvalue weighted by Crippen LogP contribution is -2.49. The van der Waals surface area contributed by atoms with Gasteiger partial charge in [0.05, 0.1) is 12.1 Å². The molecular weight excluding hydrogens is 394 g/mol. The van der Waals surface area contributed by atoms with Gasteiger partial charge in [0.15, 0.2) is 0 Å². The number of rotatable bonds is 7. The summed E-state index contributed by atoms with van der Waals surface area (Å²) < 4.78 is 5.32. The van der Waals surface area contributed by atoms with E-state index >= 15 is 0 Å². The van der Waals surface area contributed by atoms with Crippen molar-refractivity contribution < 1.29 is 9.53 Å². The van der Waals surface area contributed by atoms with Gasteiger partial charge in [0.25, 0.3) is 0 Å². The van der Waals surface area contributed by atoms with Crippen LogP contribution in [0.3, 0.4) is 0 Å². The molecular formula is C24H31N3O2S. The molecule has 0 aliphatic heterocycles. The fourth-order valence-corrected chi connectivity index (χ4v) is 5.68. The second-order valence-electron chi connectivity index (χ2n) is 8.34. The van der Waals surface area contributed by atoms with E-state index in [9.17, 15) is 4.79 Å². The maximum atomic E-state index is 13.1. The molecule has 30 heavy (non-hydrogen) atoms. The highest BCUT2D eigenvalue weighted by Gasteiger charge is 2.35. The highest BCUT2D eigenvalue weighted by molar-refractivity contribution is 7.14. The van der Waals surface area contributed by atoms with Crippen molar-refractivity contribution >= 4 is 38.9 Å². The van der Waals surface area contributed by atoms with Crippen LogP contribution < -0.4 is 9.80 Å². The number of hydrogen-bond donors (Lipinski definition) is 1. The molecule has 1 aliphatic rings. The molecule has 1 atom stereocenters. The fourth-order valence-electron chi connectivity index (χ4n) is 4.57. The SMILES string of the molecule is COC(=O)C(Cc1c[nH]c2ccccc12)N(c1cc(N(C)C)cs1)C1CCCCC1. The van der Waals surface area contributed by atoms with Gasteiger partial charge in [0.1, 0.15) is 6.04 Å². The van der Waals surface area contributed by atoms with Crippen LogP contribution in [0, 0.1) is 0 Å². The number of thiophene rings is 1. The number of ether oxygens (including phenoxy) is 1. The van der Waals surface area contributed by atoms with Gasteiger partial charge in [-0.3, -0.25) is 0 Å². The molecule has 0 amide bonds. The molecule has 0 spiro atoms. The number of esters is 1. The quantitative estimate of drug-likeness (QED) is 0.527. The van der Waals surface area contributed by atoms with Crippen molar-refractivity contribution in [3.63, 3.8) is 0 Å². The molecule has 0 bridgehead atoms. The number of hydrogen-bond acceptors (Lipinski definition) is 5. The largest absolute Gasteiger partial charge is 0.467 e. The number of anilines is 2. The molecule has 2 heterocycles. The number of nitrogens with zero attached hydrogens (tertiary/aromatic N) is 2. The number of para-hydroxylation sites is 1. The second-order valence-corrected chi connectivity index (χ2v) is 9.23. The Morgan fingerprint density at radius 2 is 2.00 bits per heavy atom. The van der Waals surface area contributed by atoms with E-state index in [-0.39, 0.29) is 12.0 Å². The normalized spacial score (nSPS) is 15.8. The Labute approximate surface area is 182 Å². The predicted octanol–water partition coefficient (Wildman–Crippen LogP) is 5.22. The Morgan fingerprint density at radius 3 is 2.70 bits per heavy atom. The number of nitrogens with one attached hydrogen (secondary N) is 1. The Bertz CT molecular complexity index is 987. The number of H-pyrrole nitrogens is 1. The minimum atomic E-state index is -0.342. The topological polar surface area (TPSA) is 48.6 Å².